The topological polar surface area (TPSA) is 49.9 Å². The second-order valence-electron chi connectivity index (χ2n) is 6.93. The quantitative estimate of drug-likeness (QED) is 0.754. The standard InChI is InChI=1S/C17H30N2O3/c1-14(2)6-5-7-15-12-19(10-11-22-15)17(21)13-18-9-4-3-8-16(18)20/h14-15H,3-13H2,1-2H3/t15-/m1/s1. The molecule has 0 radical (unpaired) electrons. The van der Waals surface area contributed by atoms with Gasteiger partial charge in [0.25, 0.3) is 0 Å². The van der Waals surface area contributed by atoms with Crippen molar-refractivity contribution in [3.05, 3.63) is 0 Å². The van der Waals surface area contributed by atoms with Gasteiger partial charge in [-0.25, -0.2) is 0 Å². The Balaban J connectivity index is 1.75. The molecule has 0 aliphatic carbocycles. The Hall–Kier alpha value is -1.10. The molecular formula is C17H30N2O3. The van der Waals surface area contributed by atoms with Crippen LogP contribution in [-0.2, 0) is 14.3 Å². The van der Waals surface area contributed by atoms with Crippen LogP contribution in [0.3, 0.4) is 0 Å². The van der Waals surface area contributed by atoms with Crippen molar-refractivity contribution in [2.75, 3.05) is 32.8 Å². The fourth-order valence-electron chi connectivity index (χ4n) is 3.17. The summed E-state index contributed by atoms with van der Waals surface area (Å²) in [5.74, 6) is 0.917. The Kier molecular flexibility index (Phi) is 6.68. The van der Waals surface area contributed by atoms with Crippen LogP contribution in [0.5, 0.6) is 0 Å². The van der Waals surface area contributed by atoms with Gasteiger partial charge in [-0.15, -0.1) is 0 Å². The number of rotatable bonds is 6. The molecule has 2 fully saturated rings. The van der Waals surface area contributed by atoms with Crippen molar-refractivity contribution in [3.63, 3.8) is 0 Å². The summed E-state index contributed by atoms with van der Waals surface area (Å²) >= 11 is 0. The number of morpholine rings is 1. The first-order valence-electron chi connectivity index (χ1n) is 8.73. The van der Waals surface area contributed by atoms with Gasteiger partial charge in [0.05, 0.1) is 19.3 Å². The van der Waals surface area contributed by atoms with Gasteiger partial charge in [0, 0.05) is 26.1 Å². The van der Waals surface area contributed by atoms with E-state index in [1.54, 1.807) is 4.90 Å². The van der Waals surface area contributed by atoms with E-state index in [2.05, 4.69) is 13.8 Å². The van der Waals surface area contributed by atoms with E-state index in [1.165, 1.54) is 6.42 Å². The van der Waals surface area contributed by atoms with E-state index in [1.807, 2.05) is 4.90 Å². The zero-order chi connectivity index (χ0) is 15.9. The summed E-state index contributed by atoms with van der Waals surface area (Å²) in [4.78, 5) is 27.8. The summed E-state index contributed by atoms with van der Waals surface area (Å²) in [6, 6.07) is 0. The summed E-state index contributed by atoms with van der Waals surface area (Å²) in [6.45, 7) is 7.39. The van der Waals surface area contributed by atoms with E-state index in [4.69, 9.17) is 4.74 Å². The lowest BCUT2D eigenvalue weighted by atomic mass is 10.0. The van der Waals surface area contributed by atoms with Gasteiger partial charge in [0.1, 0.15) is 0 Å². The van der Waals surface area contributed by atoms with Gasteiger partial charge in [-0.2, -0.15) is 0 Å². The Labute approximate surface area is 134 Å². The van der Waals surface area contributed by atoms with Crippen LogP contribution in [0.15, 0.2) is 0 Å². The van der Waals surface area contributed by atoms with E-state index in [0.29, 0.717) is 32.0 Å². The van der Waals surface area contributed by atoms with E-state index in [9.17, 15) is 9.59 Å². The Morgan fingerprint density at radius 2 is 2.14 bits per heavy atom. The third-order valence-corrected chi connectivity index (χ3v) is 4.55. The van der Waals surface area contributed by atoms with E-state index < -0.39 is 0 Å². The molecule has 0 aromatic carbocycles. The fraction of sp³-hybridized carbons (Fsp3) is 0.882. The van der Waals surface area contributed by atoms with Crippen LogP contribution < -0.4 is 0 Å². The number of amides is 2. The molecule has 5 nitrogen and oxygen atoms in total. The van der Waals surface area contributed by atoms with Crippen LogP contribution in [0, 0.1) is 5.92 Å². The molecule has 126 valence electrons. The Bertz CT molecular complexity index is 384. The van der Waals surface area contributed by atoms with Crippen LogP contribution in [-0.4, -0.2) is 60.5 Å². The zero-order valence-electron chi connectivity index (χ0n) is 14.1. The molecule has 0 aromatic heterocycles. The number of nitrogens with zero attached hydrogens (tertiary/aromatic N) is 2. The number of carbonyl (C=O) groups excluding carboxylic acids is 2. The van der Waals surface area contributed by atoms with E-state index in [-0.39, 0.29) is 24.5 Å². The van der Waals surface area contributed by atoms with E-state index >= 15 is 0 Å². The summed E-state index contributed by atoms with van der Waals surface area (Å²) in [5, 5.41) is 0. The Morgan fingerprint density at radius 3 is 2.86 bits per heavy atom. The summed E-state index contributed by atoms with van der Waals surface area (Å²) in [5.41, 5.74) is 0. The average Bonchev–Trinajstić information content (AvgIpc) is 2.49. The molecule has 2 rings (SSSR count). The molecular weight excluding hydrogens is 280 g/mol. The number of likely N-dealkylation sites (tertiary alicyclic amines) is 1. The summed E-state index contributed by atoms with van der Waals surface area (Å²) < 4.78 is 5.78. The van der Waals surface area contributed by atoms with Crippen LogP contribution in [0.4, 0.5) is 0 Å². The minimum atomic E-state index is 0.0763. The molecule has 1 atom stereocenters. The van der Waals surface area contributed by atoms with Gasteiger partial charge in [0.2, 0.25) is 11.8 Å². The number of hydrogen-bond acceptors (Lipinski definition) is 3. The third-order valence-electron chi connectivity index (χ3n) is 4.55. The SMILES string of the molecule is CC(C)CCC[C@@H]1CN(C(=O)CN2CCCCC2=O)CCO1. The van der Waals surface area contributed by atoms with Crippen molar-refractivity contribution >= 4 is 11.8 Å². The number of carbonyl (C=O) groups is 2. The van der Waals surface area contributed by atoms with Gasteiger partial charge in [0.15, 0.2) is 0 Å². The molecule has 0 unspecified atom stereocenters. The van der Waals surface area contributed by atoms with Gasteiger partial charge >= 0.3 is 0 Å². The average molecular weight is 310 g/mol. The minimum absolute atomic E-state index is 0.0763. The van der Waals surface area contributed by atoms with Crippen LogP contribution in [0.2, 0.25) is 0 Å². The third kappa shape index (κ3) is 5.27. The normalized spacial score (nSPS) is 23.2. The van der Waals surface area contributed by atoms with Gasteiger partial charge in [-0.05, 0) is 25.2 Å². The summed E-state index contributed by atoms with van der Waals surface area (Å²) in [7, 11) is 0. The number of ether oxygens (including phenoxy) is 1. The lowest BCUT2D eigenvalue weighted by Crippen LogP contribution is -2.50. The molecule has 22 heavy (non-hydrogen) atoms. The lowest BCUT2D eigenvalue weighted by Gasteiger charge is -2.35. The maximum atomic E-state index is 12.4. The predicted molar refractivity (Wildman–Crippen MR) is 85.4 cm³/mol. The summed E-state index contributed by atoms with van der Waals surface area (Å²) in [6.07, 6.45) is 6.09. The first kappa shape index (κ1) is 17.3. The minimum Gasteiger partial charge on any atom is -0.375 e. The van der Waals surface area contributed by atoms with Crippen molar-refractivity contribution in [2.45, 2.75) is 58.5 Å². The van der Waals surface area contributed by atoms with Crippen molar-refractivity contribution in [3.8, 4) is 0 Å². The molecule has 2 heterocycles. The monoisotopic (exact) mass is 310 g/mol. The van der Waals surface area contributed by atoms with Crippen LogP contribution >= 0.6 is 0 Å². The molecule has 0 saturated carbocycles. The van der Waals surface area contributed by atoms with Crippen molar-refractivity contribution in [1.82, 2.24) is 9.80 Å². The molecule has 5 heteroatoms. The van der Waals surface area contributed by atoms with Crippen molar-refractivity contribution in [2.24, 2.45) is 5.92 Å². The lowest BCUT2D eigenvalue weighted by molar-refractivity contribution is -0.146. The van der Waals surface area contributed by atoms with Crippen molar-refractivity contribution < 1.29 is 14.3 Å². The fourth-order valence-corrected chi connectivity index (χ4v) is 3.17. The van der Waals surface area contributed by atoms with Gasteiger partial charge < -0.3 is 14.5 Å². The van der Waals surface area contributed by atoms with E-state index in [0.717, 1.165) is 32.2 Å². The second-order valence-corrected chi connectivity index (χ2v) is 6.93. The van der Waals surface area contributed by atoms with Crippen molar-refractivity contribution in [1.29, 1.82) is 0 Å². The molecule has 2 saturated heterocycles. The molecule has 0 N–H and O–H groups in total. The Morgan fingerprint density at radius 1 is 1.32 bits per heavy atom. The van der Waals surface area contributed by atoms with Crippen LogP contribution in [0.25, 0.3) is 0 Å². The highest BCUT2D eigenvalue weighted by molar-refractivity contribution is 5.85. The molecule has 0 spiro atoms. The second kappa shape index (κ2) is 8.51. The highest BCUT2D eigenvalue weighted by Crippen LogP contribution is 2.16. The zero-order valence-corrected chi connectivity index (χ0v) is 14.1. The maximum Gasteiger partial charge on any atom is 0.242 e. The van der Waals surface area contributed by atoms with Gasteiger partial charge in [-0.1, -0.05) is 26.7 Å². The molecule has 2 amide bonds. The molecule has 0 aromatic rings. The highest BCUT2D eigenvalue weighted by atomic mass is 16.5. The molecule has 2 aliphatic heterocycles. The van der Waals surface area contributed by atoms with Crippen LogP contribution in [0.1, 0.15) is 52.4 Å². The molecule has 2 aliphatic rings. The molecule has 0 bridgehead atoms. The first-order valence-corrected chi connectivity index (χ1v) is 8.73. The first-order chi connectivity index (χ1) is 10.6. The highest BCUT2D eigenvalue weighted by Gasteiger charge is 2.27. The predicted octanol–water partition coefficient (Wildman–Crippen LogP) is 2.05. The largest absolute Gasteiger partial charge is 0.375 e. The number of piperidine rings is 1. The maximum absolute atomic E-state index is 12.4. The number of hydrogen-bond donors (Lipinski definition) is 0. The van der Waals surface area contributed by atoms with Gasteiger partial charge in [-0.3, -0.25) is 9.59 Å². The smallest absolute Gasteiger partial charge is 0.242 e.